The van der Waals surface area contributed by atoms with Crippen LogP contribution in [0.4, 0.5) is 0 Å². The van der Waals surface area contributed by atoms with E-state index in [0.29, 0.717) is 12.0 Å². The summed E-state index contributed by atoms with van der Waals surface area (Å²) in [5.41, 5.74) is 0. The fourth-order valence-electron chi connectivity index (χ4n) is 1.54. The highest BCUT2D eigenvalue weighted by molar-refractivity contribution is 14.0. The fourth-order valence-corrected chi connectivity index (χ4v) is 1.54. The highest BCUT2D eigenvalue weighted by Gasteiger charge is 2.15. The van der Waals surface area contributed by atoms with Crippen LogP contribution in [0.2, 0.25) is 0 Å². The first-order chi connectivity index (χ1) is 7.22. The van der Waals surface area contributed by atoms with E-state index in [1.807, 2.05) is 0 Å². The molecule has 16 heavy (non-hydrogen) atoms. The SMILES string of the molecule is CN=C(NCC(C)C)NCC1CCCO1.I. The van der Waals surface area contributed by atoms with Crippen molar-refractivity contribution in [1.82, 2.24) is 10.6 Å². The van der Waals surface area contributed by atoms with Crippen LogP contribution in [0, 0.1) is 5.92 Å². The van der Waals surface area contributed by atoms with Crippen LogP contribution in [-0.2, 0) is 4.74 Å². The summed E-state index contributed by atoms with van der Waals surface area (Å²) < 4.78 is 5.53. The van der Waals surface area contributed by atoms with E-state index in [2.05, 4.69) is 29.5 Å². The zero-order chi connectivity index (χ0) is 11.1. The highest BCUT2D eigenvalue weighted by Crippen LogP contribution is 2.10. The highest BCUT2D eigenvalue weighted by atomic mass is 127. The van der Waals surface area contributed by atoms with Crippen molar-refractivity contribution in [1.29, 1.82) is 0 Å². The molecule has 0 saturated carbocycles. The van der Waals surface area contributed by atoms with Gasteiger partial charge in [0.15, 0.2) is 5.96 Å². The molecule has 0 spiro atoms. The molecule has 1 rings (SSSR count). The Morgan fingerprint density at radius 3 is 2.69 bits per heavy atom. The quantitative estimate of drug-likeness (QED) is 0.464. The number of aliphatic imine (C=N–C) groups is 1. The lowest BCUT2D eigenvalue weighted by Crippen LogP contribution is -2.42. The van der Waals surface area contributed by atoms with Crippen molar-refractivity contribution in [3.8, 4) is 0 Å². The molecule has 5 heteroatoms. The van der Waals surface area contributed by atoms with Crippen LogP contribution >= 0.6 is 24.0 Å². The molecule has 1 atom stereocenters. The van der Waals surface area contributed by atoms with Crippen LogP contribution in [0.5, 0.6) is 0 Å². The standard InChI is InChI=1S/C11H23N3O.HI/c1-9(2)7-13-11(12-3)14-8-10-5-4-6-15-10;/h9-10H,4-8H2,1-3H3,(H2,12,13,14);1H. The Labute approximate surface area is 116 Å². The van der Waals surface area contributed by atoms with E-state index >= 15 is 0 Å². The van der Waals surface area contributed by atoms with Crippen LogP contribution in [0.25, 0.3) is 0 Å². The normalized spacial score (nSPS) is 20.8. The molecule has 0 aromatic heterocycles. The Bertz CT molecular complexity index is 203. The number of nitrogens with one attached hydrogen (secondary N) is 2. The molecule has 1 saturated heterocycles. The van der Waals surface area contributed by atoms with Gasteiger partial charge in [0.1, 0.15) is 0 Å². The second-order valence-corrected chi connectivity index (χ2v) is 4.36. The summed E-state index contributed by atoms with van der Waals surface area (Å²) in [6.45, 7) is 7.08. The monoisotopic (exact) mass is 341 g/mol. The third kappa shape index (κ3) is 6.52. The zero-order valence-corrected chi connectivity index (χ0v) is 12.8. The average molecular weight is 341 g/mol. The van der Waals surface area contributed by atoms with Crippen LogP contribution < -0.4 is 10.6 Å². The van der Waals surface area contributed by atoms with Crippen molar-refractivity contribution in [2.24, 2.45) is 10.9 Å². The van der Waals surface area contributed by atoms with Gasteiger partial charge in [-0.1, -0.05) is 13.8 Å². The summed E-state index contributed by atoms with van der Waals surface area (Å²) in [5.74, 6) is 1.51. The summed E-state index contributed by atoms with van der Waals surface area (Å²) >= 11 is 0. The number of rotatable bonds is 4. The molecule has 0 bridgehead atoms. The molecular formula is C11H24IN3O. The number of guanidine groups is 1. The van der Waals surface area contributed by atoms with E-state index in [-0.39, 0.29) is 24.0 Å². The second-order valence-electron chi connectivity index (χ2n) is 4.36. The van der Waals surface area contributed by atoms with Gasteiger partial charge < -0.3 is 15.4 Å². The first-order valence-electron chi connectivity index (χ1n) is 5.78. The van der Waals surface area contributed by atoms with E-state index in [1.165, 1.54) is 6.42 Å². The Morgan fingerprint density at radius 1 is 1.44 bits per heavy atom. The van der Waals surface area contributed by atoms with Gasteiger partial charge in [-0.15, -0.1) is 24.0 Å². The summed E-state index contributed by atoms with van der Waals surface area (Å²) in [4.78, 5) is 4.16. The summed E-state index contributed by atoms with van der Waals surface area (Å²) in [6.07, 6.45) is 2.71. The Morgan fingerprint density at radius 2 is 2.19 bits per heavy atom. The summed E-state index contributed by atoms with van der Waals surface area (Å²) in [6, 6.07) is 0. The maximum atomic E-state index is 5.53. The minimum Gasteiger partial charge on any atom is -0.376 e. The third-order valence-electron chi connectivity index (χ3n) is 2.42. The number of halogens is 1. The van der Waals surface area contributed by atoms with Gasteiger partial charge in [-0.25, -0.2) is 0 Å². The molecule has 1 aliphatic heterocycles. The van der Waals surface area contributed by atoms with Crippen molar-refractivity contribution in [3.63, 3.8) is 0 Å². The van der Waals surface area contributed by atoms with Crippen LogP contribution in [0.1, 0.15) is 26.7 Å². The molecule has 0 aromatic rings. The minimum absolute atomic E-state index is 0. The molecule has 0 radical (unpaired) electrons. The molecule has 0 aliphatic carbocycles. The fraction of sp³-hybridized carbons (Fsp3) is 0.909. The molecule has 2 N–H and O–H groups in total. The van der Waals surface area contributed by atoms with Crippen molar-refractivity contribution >= 4 is 29.9 Å². The Kier molecular flexibility index (Phi) is 9.02. The predicted octanol–water partition coefficient (Wildman–Crippen LogP) is 1.60. The maximum Gasteiger partial charge on any atom is 0.191 e. The molecule has 1 unspecified atom stereocenters. The van der Waals surface area contributed by atoms with Gasteiger partial charge in [-0.05, 0) is 18.8 Å². The van der Waals surface area contributed by atoms with Crippen molar-refractivity contribution in [3.05, 3.63) is 0 Å². The first-order valence-corrected chi connectivity index (χ1v) is 5.78. The number of ether oxygens (including phenoxy) is 1. The molecule has 4 nitrogen and oxygen atoms in total. The lowest BCUT2D eigenvalue weighted by molar-refractivity contribution is 0.114. The van der Waals surface area contributed by atoms with Gasteiger partial charge in [-0.3, -0.25) is 4.99 Å². The molecule has 0 amide bonds. The summed E-state index contributed by atoms with van der Waals surface area (Å²) in [5, 5.41) is 6.56. The number of hydrogen-bond acceptors (Lipinski definition) is 2. The van der Waals surface area contributed by atoms with Crippen molar-refractivity contribution < 1.29 is 4.74 Å². The van der Waals surface area contributed by atoms with E-state index in [4.69, 9.17) is 4.74 Å². The van der Waals surface area contributed by atoms with E-state index in [1.54, 1.807) is 7.05 Å². The van der Waals surface area contributed by atoms with Gasteiger partial charge in [0.2, 0.25) is 0 Å². The van der Waals surface area contributed by atoms with E-state index in [0.717, 1.165) is 32.1 Å². The summed E-state index contributed by atoms with van der Waals surface area (Å²) in [7, 11) is 1.80. The van der Waals surface area contributed by atoms with E-state index in [9.17, 15) is 0 Å². The van der Waals surface area contributed by atoms with Gasteiger partial charge >= 0.3 is 0 Å². The first kappa shape index (κ1) is 16.0. The molecule has 1 aliphatic rings. The van der Waals surface area contributed by atoms with Gasteiger partial charge in [0.25, 0.3) is 0 Å². The number of hydrogen-bond donors (Lipinski definition) is 2. The largest absolute Gasteiger partial charge is 0.376 e. The lowest BCUT2D eigenvalue weighted by atomic mass is 10.2. The molecule has 0 aromatic carbocycles. The zero-order valence-electron chi connectivity index (χ0n) is 10.5. The second kappa shape index (κ2) is 9.04. The number of nitrogens with zero attached hydrogens (tertiary/aromatic N) is 1. The van der Waals surface area contributed by atoms with Crippen LogP contribution in [0.3, 0.4) is 0 Å². The van der Waals surface area contributed by atoms with Gasteiger partial charge in [0.05, 0.1) is 6.10 Å². The van der Waals surface area contributed by atoms with Gasteiger partial charge in [-0.2, -0.15) is 0 Å². The predicted molar refractivity (Wildman–Crippen MR) is 78.6 cm³/mol. The molecule has 96 valence electrons. The average Bonchev–Trinajstić information content (AvgIpc) is 2.70. The third-order valence-corrected chi connectivity index (χ3v) is 2.42. The Balaban J connectivity index is 0.00000225. The van der Waals surface area contributed by atoms with Crippen molar-refractivity contribution in [2.45, 2.75) is 32.8 Å². The van der Waals surface area contributed by atoms with E-state index < -0.39 is 0 Å². The maximum absolute atomic E-state index is 5.53. The smallest absolute Gasteiger partial charge is 0.191 e. The molecule has 1 heterocycles. The van der Waals surface area contributed by atoms with Crippen LogP contribution in [0.15, 0.2) is 4.99 Å². The lowest BCUT2D eigenvalue weighted by Gasteiger charge is -2.15. The van der Waals surface area contributed by atoms with Gasteiger partial charge in [0, 0.05) is 26.7 Å². The molecular weight excluding hydrogens is 317 g/mol. The molecule has 1 fully saturated rings. The Hall–Kier alpha value is -0.0400. The minimum atomic E-state index is 0. The van der Waals surface area contributed by atoms with Crippen molar-refractivity contribution in [2.75, 3.05) is 26.7 Å². The topological polar surface area (TPSA) is 45.7 Å². The van der Waals surface area contributed by atoms with Crippen LogP contribution in [-0.4, -0.2) is 38.8 Å².